The SMILES string of the molecule is CO[C@H]1OC(COC(=O)c2ccccc2)C(O)[C@H](OCc2ccccc2)C1N=[N+]=[N-]. The van der Waals surface area contributed by atoms with Gasteiger partial charge >= 0.3 is 5.97 Å². The molecule has 3 unspecified atom stereocenters. The summed E-state index contributed by atoms with van der Waals surface area (Å²) in [5.41, 5.74) is 10.2. The average molecular weight is 413 g/mol. The smallest absolute Gasteiger partial charge is 0.338 e. The summed E-state index contributed by atoms with van der Waals surface area (Å²) in [6, 6.07) is 16.9. The standard InChI is InChI=1S/C21H23N3O6/c1-27-21-17(23-24-22)19(28-12-14-8-4-2-5-9-14)18(25)16(30-21)13-29-20(26)15-10-6-3-7-11-15/h2-11,16-19,21,25H,12-13H2,1H3/t16?,17?,18?,19-,21+/m1/s1. The number of ether oxygens (including phenoxy) is 4. The van der Waals surface area contributed by atoms with Crippen LogP contribution in [0.2, 0.25) is 0 Å². The van der Waals surface area contributed by atoms with E-state index in [-0.39, 0.29) is 13.2 Å². The molecule has 1 heterocycles. The van der Waals surface area contributed by atoms with Crippen molar-refractivity contribution in [2.45, 2.75) is 37.3 Å². The van der Waals surface area contributed by atoms with E-state index in [1.54, 1.807) is 30.3 Å². The topological polar surface area (TPSA) is 123 Å². The van der Waals surface area contributed by atoms with Crippen molar-refractivity contribution in [3.8, 4) is 0 Å². The van der Waals surface area contributed by atoms with Crippen molar-refractivity contribution >= 4 is 5.97 Å². The van der Waals surface area contributed by atoms with Crippen LogP contribution in [0.25, 0.3) is 10.4 Å². The van der Waals surface area contributed by atoms with E-state index < -0.39 is 36.6 Å². The van der Waals surface area contributed by atoms with Gasteiger partial charge in [0.2, 0.25) is 0 Å². The molecule has 0 aliphatic carbocycles. The molecule has 1 N–H and O–H groups in total. The Labute approximate surface area is 173 Å². The van der Waals surface area contributed by atoms with Gasteiger partial charge in [-0.3, -0.25) is 0 Å². The Kier molecular flexibility index (Phi) is 7.78. The molecule has 0 spiro atoms. The summed E-state index contributed by atoms with van der Waals surface area (Å²) < 4.78 is 22.2. The molecule has 1 saturated heterocycles. The van der Waals surface area contributed by atoms with E-state index in [0.29, 0.717) is 5.56 Å². The molecule has 9 heteroatoms. The van der Waals surface area contributed by atoms with Crippen molar-refractivity contribution in [2.24, 2.45) is 5.11 Å². The molecular formula is C21H23N3O6. The molecule has 0 aromatic heterocycles. The molecule has 1 aliphatic heterocycles. The number of nitrogens with zero attached hydrogens (tertiary/aromatic N) is 3. The molecule has 5 atom stereocenters. The Morgan fingerprint density at radius 1 is 1.17 bits per heavy atom. The minimum atomic E-state index is -1.21. The van der Waals surface area contributed by atoms with Crippen molar-refractivity contribution in [3.05, 3.63) is 82.2 Å². The van der Waals surface area contributed by atoms with Gasteiger partial charge in [0, 0.05) is 12.0 Å². The van der Waals surface area contributed by atoms with Crippen molar-refractivity contribution in [1.82, 2.24) is 0 Å². The van der Waals surface area contributed by atoms with Gasteiger partial charge in [0.05, 0.1) is 18.3 Å². The molecule has 0 amide bonds. The quantitative estimate of drug-likeness (QED) is 0.307. The number of methoxy groups -OCH3 is 1. The van der Waals surface area contributed by atoms with Gasteiger partial charge in [0.15, 0.2) is 6.29 Å². The van der Waals surface area contributed by atoms with Crippen LogP contribution in [0.3, 0.4) is 0 Å². The lowest BCUT2D eigenvalue weighted by Gasteiger charge is -2.42. The summed E-state index contributed by atoms with van der Waals surface area (Å²) in [6.45, 7) is -0.0318. The van der Waals surface area contributed by atoms with Crippen LogP contribution in [0.1, 0.15) is 15.9 Å². The molecule has 0 bridgehead atoms. The third-order valence-electron chi connectivity index (χ3n) is 4.73. The first-order valence-corrected chi connectivity index (χ1v) is 9.42. The number of benzene rings is 2. The number of rotatable bonds is 8. The fourth-order valence-electron chi connectivity index (χ4n) is 3.19. The third-order valence-corrected chi connectivity index (χ3v) is 4.73. The molecule has 1 aliphatic rings. The molecule has 2 aromatic carbocycles. The number of aliphatic hydroxyl groups excluding tert-OH is 1. The highest BCUT2D eigenvalue weighted by Crippen LogP contribution is 2.28. The maximum Gasteiger partial charge on any atom is 0.338 e. The Morgan fingerprint density at radius 3 is 2.47 bits per heavy atom. The summed E-state index contributed by atoms with van der Waals surface area (Å²) in [4.78, 5) is 15.0. The summed E-state index contributed by atoms with van der Waals surface area (Å²) in [5.74, 6) is -0.542. The number of hydrogen-bond donors (Lipinski definition) is 1. The molecule has 9 nitrogen and oxygen atoms in total. The first-order chi connectivity index (χ1) is 14.6. The molecule has 2 aromatic rings. The second kappa shape index (κ2) is 10.7. The van der Waals surface area contributed by atoms with Crippen LogP contribution >= 0.6 is 0 Å². The van der Waals surface area contributed by atoms with E-state index in [2.05, 4.69) is 10.0 Å². The van der Waals surface area contributed by atoms with Crippen molar-refractivity contribution in [1.29, 1.82) is 0 Å². The largest absolute Gasteiger partial charge is 0.459 e. The number of aliphatic hydroxyl groups is 1. The van der Waals surface area contributed by atoms with Crippen molar-refractivity contribution < 1.29 is 28.8 Å². The molecular weight excluding hydrogens is 390 g/mol. The zero-order valence-corrected chi connectivity index (χ0v) is 16.4. The van der Waals surface area contributed by atoms with E-state index in [4.69, 9.17) is 24.5 Å². The zero-order valence-electron chi connectivity index (χ0n) is 16.4. The predicted octanol–water partition coefficient (Wildman–Crippen LogP) is 2.84. The molecule has 158 valence electrons. The fourth-order valence-corrected chi connectivity index (χ4v) is 3.19. The van der Waals surface area contributed by atoms with Gasteiger partial charge in [0.1, 0.15) is 24.9 Å². The monoisotopic (exact) mass is 413 g/mol. The summed E-state index contributed by atoms with van der Waals surface area (Å²) in [7, 11) is 1.39. The van der Waals surface area contributed by atoms with E-state index >= 15 is 0 Å². The normalized spacial score (nSPS) is 25.9. The Balaban J connectivity index is 1.71. The summed E-state index contributed by atoms with van der Waals surface area (Å²) in [5, 5.41) is 14.5. The van der Waals surface area contributed by atoms with Gasteiger partial charge < -0.3 is 24.1 Å². The van der Waals surface area contributed by atoms with E-state index in [9.17, 15) is 9.90 Å². The third kappa shape index (κ3) is 5.35. The molecule has 0 radical (unpaired) electrons. The lowest BCUT2D eigenvalue weighted by molar-refractivity contribution is -0.266. The summed E-state index contributed by atoms with van der Waals surface area (Å²) in [6.07, 6.45) is -4.02. The van der Waals surface area contributed by atoms with Crippen LogP contribution in [0, 0.1) is 0 Å². The first kappa shape index (κ1) is 21.8. The maximum absolute atomic E-state index is 12.2. The van der Waals surface area contributed by atoms with Gasteiger partial charge in [-0.2, -0.15) is 0 Å². The molecule has 0 saturated carbocycles. The van der Waals surface area contributed by atoms with Crippen LogP contribution in [0.4, 0.5) is 0 Å². The number of carbonyl (C=O) groups is 1. The number of hydrogen-bond acceptors (Lipinski definition) is 7. The van der Waals surface area contributed by atoms with Gasteiger partial charge in [-0.25, -0.2) is 4.79 Å². The van der Waals surface area contributed by atoms with Crippen LogP contribution in [0.5, 0.6) is 0 Å². The molecule has 3 rings (SSSR count). The van der Waals surface area contributed by atoms with Crippen LogP contribution < -0.4 is 0 Å². The highest BCUT2D eigenvalue weighted by molar-refractivity contribution is 5.89. The lowest BCUT2D eigenvalue weighted by atomic mass is 9.97. The zero-order chi connectivity index (χ0) is 21.3. The number of azide groups is 1. The minimum Gasteiger partial charge on any atom is -0.459 e. The van der Waals surface area contributed by atoms with Gasteiger partial charge in [-0.1, -0.05) is 53.6 Å². The van der Waals surface area contributed by atoms with E-state index in [1.165, 1.54) is 7.11 Å². The fraction of sp³-hybridized carbons (Fsp3) is 0.381. The molecule has 30 heavy (non-hydrogen) atoms. The Bertz CT molecular complexity index is 860. The van der Waals surface area contributed by atoms with Crippen LogP contribution in [-0.4, -0.2) is 55.4 Å². The second-order valence-corrected chi connectivity index (χ2v) is 6.69. The predicted molar refractivity (Wildman–Crippen MR) is 106 cm³/mol. The van der Waals surface area contributed by atoms with E-state index in [0.717, 1.165) is 5.56 Å². The second-order valence-electron chi connectivity index (χ2n) is 6.69. The van der Waals surface area contributed by atoms with Gasteiger partial charge in [-0.15, -0.1) is 0 Å². The molecule has 1 fully saturated rings. The van der Waals surface area contributed by atoms with Crippen molar-refractivity contribution in [3.63, 3.8) is 0 Å². The van der Waals surface area contributed by atoms with E-state index in [1.807, 2.05) is 30.3 Å². The van der Waals surface area contributed by atoms with Crippen LogP contribution in [-0.2, 0) is 25.6 Å². The number of carbonyl (C=O) groups excluding carboxylic acids is 1. The highest BCUT2D eigenvalue weighted by atomic mass is 16.7. The van der Waals surface area contributed by atoms with Crippen LogP contribution in [0.15, 0.2) is 65.8 Å². The summed E-state index contributed by atoms with van der Waals surface area (Å²) >= 11 is 0. The lowest BCUT2D eigenvalue weighted by Crippen LogP contribution is -2.59. The minimum absolute atomic E-state index is 0.187. The number of esters is 1. The maximum atomic E-state index is 12.2. The van der Waals surface area contributed by atoms with Gasteiger partial charge in [0.25, 0.3) is 0 Å². The Hall–Kier alpha value is -2.94. The van der Waals surface area contributed by atoms with Crippen molar-refractivity contribution in [2.75, 3.05) is 13.7 Å². The highest BCUT2D eigenvalue weighted by Gasteiger charge is 2.46. The first-order valence-electron chi connectivity index (χ1n) is 9.42. The Morgan fingerprint density at radius 2 is 1.83 bits per heavy atom. The van der Waals surface area contributed by atoms with Gasteiger partial charge in [-0.05, 0) is 23.2 Å². The average Bonchev–Trinajstić information content (AvgIpc) is 2.79.